The first-order chi connectivity index (χ1) is 10.4. The Morgan fingerprint density at radius 3 is 2.55 bits per heavy atom. The first-order valence-electron chi connectivity index (χ1n) is 6.33. The normalized spacial score (nSPS) is 11.0. The fraction of sp³-hybridized carbons (Fsp3) is 0.143. The van der Waals surface area contributed by atoms with Crippen molar-refractivity contribution in [2.45, 2.75) is 11.8 Å². The average Bonchev–Trinajstić information content (AvgIpc) is 2.48. The topological polar surface area (TPSA) is 85.4 Å². The number of pyridine rings is 1. The molecule has 2 rings (SSSR count). The molecule has 0 aliphatic heterocycles. The number of rotatable bonds is 5. The van der Waals surface area contributed by atoms with E-state index in [4.69, 9.17) is 4.74 Å². The van der Waals surface area contributed by atoms with Gasteiger partial charge in [0.25, 0.3) is 15.9 Å². The minimum Gasteiger partial charge on any atom is -0.494 e. The Labute approximate surface area is 136 Å². The van der Waals surface area contributed by atoms with E-state index in [9.17, 15) is 13.2 Å². The van der Waals surface area contributed by atoms with E-state index >= 15 is 0 Å². The molecule has 1 heterocycles. The number of sulfonamides is 1. The predicted octanol–water partition coefficient (Wildman–Crippen LogP) is 2.36. The van der Waals surface area contributed by atoms with Gasteiger partial charge >= 0.3 is 0 Å². The second-order valence-electron chi connectivity index (χ2n) is 4.23. The molecule has 0 unspecified atom stereocenters. The van der Waals surface area contributed by atoms with Gasteiger partial charge in [0.15, 0.2) is 0 Å². The lowest BCUT2D eigenvalue weighted by molar-refractivity contribution is 0.0981. The van der Waals surface area contributed by atoms with Gasteiger partial charge in [-0.25, -0.2) is 13.1 Å². The largest absolute Gasteiger partial charge is 0.494 e. The first-order valence-corrected chi connectivity index (χ1v) is 8.60. The standard InChI is InChI=1S/C14H13BrN2O4S/c1-2-21-12-5-3-10(4-6-12)14(18)17-22(19,20)13-7-11(15)8-16-9-13/h3-9H,2H2,1H3,(H,17,18). The van der Waals surface area contributed by atoms with Crippen LogP contribution in [0.3, 0.4) is 0 Å². The quantitative estimate of drug-likeness (QED) is 0.854. The third-order valence-corrected chi connectivity index (χ3v) is 4.38. The molecule has 0 saturated carbocycles. The maximum atomic E-state index is 12.1. The molecule has 0 aliphatic rings. The van der Waals surface area contributed by atoms with Crippen molar-refractivity contribution < 1.29 is 17.9 Å². The molecule has 0 spiro atoms. The molecule has 1 aromatic heterocycles. The minimum absolute atomic E-state index is 0.0961. The van der Waals surface area contributed by atoms with Gasteiger partial charge in [-0.2, -0.15) is 0 Å². The van der Waals surface area contributed by atoms with Crippen LogP contribution in [-0.4, -0.2) is 25.9 Å². The summed E-state index contributed by atoms with van der Waals surface area (Å²) in [5.41, 5.74) is 0.218. The van der Waals surface area contributed by atoms with E-state index in [1.807, 2.05) is 11.6 Å². The summed E-state index contributed by atoms with van der Waals surface area (Å²) in [5, 5.41) is 0. The van der Waals surface area contributed by atoms with Crippen molar-refractivity contribution in [3.8, 4) is 5.75 Å². The van der Waals surface area contributed by atoms with Crippen LogP contribution in [0.25, 0.3) is 0 Å². The molecular formula is C14H13BrN2O4S. The van der Waals surface area contributed by atoms with Crippen LogP contribution in [-0.2, 0) is 10.0 Å². The summed E-state index contributed by atoms with van der Waals surface area (Å²) in [5.74, 6) is -0.110. The summed E-state index contributed by atoms with van der Waals surface area (Å²) in [7, 11) is -3.97. The summed E-state index contributed by atoms with van der Waals surface area (Å²) >= 11 is 3.13. The molecule has 2 aromatic rings. The molecule has 0 fully saturated rings. The molecule has 1 amide bonds. The average molecular weight is 385 g/mol. The summed E-state index contributed by atoms with van der Waals surface area (Å²) in [6.45, 7) is 2.36. The Bertz CT molecular complexity index is 776. The van der Waals surface area contributed by atoms with Gasteiger partial charge in [-0.3, -0.25) is 9.78 Å². The zero-order chi connectivity index (χ0) is 16.2. The van der Waals surface area contributed by atoms with Crippen LogP contribution in [0.15, 0.2) is 52.1 Å². The van der Waals surface area contributed by atoms with Gasteiger partial charge in [0.05, 0.1) is 6.61 Å². The van der Waals surface area contributed by atoms with Crippen molar-refractivity contribution in [1.82, 2.24) is 9.71 Å². The number of hydrogen-bond donors (Lipinski definition) is 1. The number of carbonyl (C=O) groups is 1. The van der Waals surface area contributed by atoms with E-state index in [1.165, 1.54) is 30.6 Å². The summed E-state index contributed by atoms with van der Waals surface area (Å²) in [6.07, 6.45) is 2.62. The lowest BCUT2D eigenvalue weighted by Gasteiger charge is -2.08. The number of ether oxygens (including phenoxy) is 1. The Kier molecular flexibility index (Phi) is 5.15. The SMILES string of the molecule is CCOc1ccc(C(=O)NS(=O)(=O)c2cncc(Br)c2)cc1. The van der Waals surface area contributed by atoms with Gasteiger partial charge in [-0.15, -0.1) is 0 Å². The van der Waals surface area contributed by atoms with Crippen molar-refractivity contribution in [2.75, 3.05) is 6.61 Å². The van der Waals surface area contributed by atoms with Crippen LogP contribution in [0.2, 0.25) is 0 Å². The van der Waals surface area contributed by atoms with Crippen molar-refractivity contribution in [3.05, 3.63) is 52.8 Å². The van der Waals surface area contributed by atoms with Crippen LogP contribution in [0, 0.1) is 0 Å². The summed E-state index contributed by atoms with van der Waals surface area (Å²) in [6, 6.07) is 7.56. The lowest BCUT2D eigenvalue weighted by atomic mass is 10.2. The van der Waals surface area contributed by atoms with Gasteiger partial charge in [0.2, 0.25) is 0 Å². The third-order valence-electron chi connectivity index (χ3n) is 2.64. The Morgan fingerprint density at radius 2 is 1.95 bits per heavy atom. The highest BCUT2D eigenvalue weighted by Crippen LogP contribution is 2.16. The van der Waals surface area contributed by atoms with E-state index < -0.39 is 15.9 Å². The van der Waals surface area contributed by atoms with Crippen molar-refractivity contribution in [1.29, 1.82) is 0 Å². The molecule has 1 aromatic carbocycles. The minimum atomic E-state index is -3.97. The highest BCUT2D eigenvalue weighted by molar-refractivity contribution is 9.10. The smallest absolute Gasteiger partial charge is 0.265 e. The first kappa shape index (κ1) is 16.4. The zero-order valence-corrected chi connectivity index (χ0v) is 14.0. The van der Waals surface area contributed by atoms with Crippen molar-refractivity contribution >= 4 is 31.9 Å². The van der Waals surface area contributed by atoms with Crippen molar-refractivity contribution in [2.24, 2.45) is 0 Å². The molecule has 0 aliphatic carbocycles. The van der Waals surface area contributed by atoms with Gasteiger partial charge in [0.1, 0.15) is 10.6 Å². The maximum Gasteiger partial charge on any atom is 0.265 e. The van der Waals surface area contributed by atoms with Crippen LogP contribution < -0.4 is 9.46 Å². The second-order valence-corrected chi connectivity index (χ2v) is 6.83. The van der Waals surface area contributed by atoms with E-state index in [0.29, 0.717) is 16.8 Å². The fourth-order valence-corrected chi connectivity index (χ4v) is 3.13. The molecular weight excluding hydrogens is 372 g/mol. The molecule has 0 radical (unpaired) electrons. The molecule has 22 heavy (non-hydrogen) atoms. The monoisotopic (exact) mass is 384 g/mol. The number of halogens is 1. The third kappa shape index (κ3) is 4.05. The Hall–Kier alpha value is -1.93. The van der Waals surface area contributed by atoms with E-state index in [0.717, 1.165) is 0 Å². The number of amides is 1. The number of nitrogens with one attached hydrogen (secondary N) is 1. The van der Waals surface area contributed by atoms with Gasteiger partial charge < -0.3 is 4.74 Å². The lowest BCUT2D eigenvalue weighted by Crippen LogP contribution is -2.30. The highest BCUT2D eigenvalue weighted by atomic mass is 79.9. The predicted molar refractivity (Wildman–Crippen MR) is 84.2 cm³/mol. The fourth-order valence-electron chi connectivity index (χ4n) is 1.65. The zero-order valence-electron chi connectivity index (χ0n) is 11.6. The number of nitrogens with zero attached hydrogens (tertiary/aromatic N) is 1. The van der Waals surface area contributed by atoms with Crippen molar-refractivity contribution in [3.63, 3.8) is 0 Å². The van der Waals surface area contributed by atoms with Crippen LogP contribution in [0.1, 0.15) is 17.3 Å². The summed E-state index contributed by atoms with van der Waals surface area (Å²) in [4.78, 5) is 15.7. The molecule has 6 nitrogen and oxygen atoms in total. The van der Waals surface area contributed by atoms with Crippen LogP contribution in [0.4, 0.5) is 0 Å². The summed E-state index contributed by atoms with van der Waals surface area (Å²) < 4.78 is 32.0. The van der Waals surface area contributed by atoms with E-state index in [1.54, 1.807) is 12.1 Å². The molecule has 116 valence electrons. The Morgan fingerprint density at radius 1 is 1.27 bits per heavy atom. The highest BCUT2D eigenvalue weighted by Gasteiger charge is 2.19. The molecule has 0 saturated heterocycles. The number of hydrogen-bond acceptors (Lipinski definition) is 5. The molecule has 1 N–H and O–H groups in total. The Balaban J connectivity index is 2.17. The molecule has 0 atom stereocenters. The molecule has 8 heteroatoms. The number of benzene rings is 1. The molecule has 0 bridgehead atoms. The van der Waals surface area contributed by atoms with Gasteiger partial charge in [-0.1, -0.05) is 0 Å². The number of carbonyl (C=O) groups excluding carboxylic acids is 1. The van der Waals surface area contributed by atoms with Crippen LogP contribution in [0.5, 0.6) is 5.75 Å². The second kappa shape index (κ2) is 6.89. The van der Waals surface area contributed by atoms with E-state index in [-0.39, 0.29) is 10.5 Å². The van der Waals surface area contributed by atoms with E-state index in [2.05, 4.69) is 20.9 Å². The van der Waals surface area contributed by atoms with Gasteiger partial charge in [0, 0.05) is 22.4 Å². The van der Waals surface area contributed by atoms with Crippen LogP contribution >= 0.6 is 15.9 Å². The maximum absolute atomic E-state index is 12.1. The van der Waals surface area contributed by atoms with Gasteiger partial charge in [-0.05, 0) is 53.2 Å². The number of aromatic nitrogens is 1.